The van der Waals surface area contributed by atoms with Gasteiger partial charge in [0.05, 0.1) is 24.4 Å². The minimum atomic E-state index is -0.538. The van der Waals surface area contributed by atoms with Gasteiger partial charge in [0.1, 0.15) is 0 Å². The van der Waals surface area contributed by atoms with Gasteiger partial charge in [-0.15, -0.1) is 0 Å². The first-order valence-electron chi connectivity index (χ1n) is 8.49. The molecule has 122 valence electrons. The summed E-state index contributed by atoms with van der Waals surface area (Å²) in [6, 6.07) is 0. The van der Waals surface area contributed by atoms with Gasteiger partial charge in [-0.25, -0.2) is 0 Å². The molecule has 0 bridgehead atoms. The summed E-state index contributed by atoms with van der Waals surface area (Å²) in [6.07, 6.45) is 6.69. The number of aliphatic hydroxyl groups is 1. The highest BCUT2D eigenvalue weighted by molar-refractivity contribution is 4.86. The highest BCUT2D eigenvalue weighted by Crippen LogP contribution is 2.24. The number of hydrogen-bond donors (Lipinski definition) is 1. The van der Waals surface area contributed by atoms with E-state index < -0.39 is 5.60 Å². The summed E-state index contributed by atoms with van der Waals surface area (Å²) in [7, 11) is 0. The van der Waals surface area contributed by atoms with Crippen LogP contribution < -0.4 is 0 Å². The van der Waals surface area contributed by atoms with Crippen LogP contribution in [-0.4, -0.2) is 73.9 Å². The van der Waals surface area contributed by atoms with Crippen LogP contribution in [0.1, 0.15) is 38.5 Å². The van der Waals surface area contributed by atoms with Crippen LogP contribution in [-0.2, 0) is 14.2 Å². The topological polar surface area (TPSA) is 51.2 Å². The molecule has 3 saturated heterocycles. The molecule has 0 radical (unpaired) electrons. The maximum atomic E-state index is 10.6. The summed E-state index contributed by atoms with van der Waals surface area (Å²) in [4.78, 5) is 2.39. The Hall–Kier alpha value is -0.200. The van der Waals surface area contributed by atoms with Gasteiger partial charge in [-0.2, -0.15) is 0 Å². The molecule has 5 heteroatoms. The second-order valence-corrected chi connectivity index (χ2v) is 6.78. The summed E-state index contributed by atoms with van der Waals surface area (Å²) in [5, 5.41) is 10.6. The minimum Gasteiger partial charge on any atom is -0.388 e. The highest BCUT2D eigenvalue weighted by Gasteiger charge is 2.33. The molecule has 0 aliphatic carbocycles. The van der Waals surface area contributed by atoms with Crippen molar-refractivity contribution in [2.24, 2.45) is 0 Å². The fourth-order valence-corrected chi connectivity index (χ4v) is 3.58. The number of rotatable bonds is 5. The highest BCUT2D eigenvalue weighted by atomic mass is 16.5. The molecule has 1 N–H and O–H groups in total. The molecule has 0 aromatic carbocycles. The average molecular weight is 299 g/mol. The largest absolute Gasteiger partial charge is 0.388 e. The van der Waals surface area contributed by atoms with Crippen LogP contribution in [0, 0.1) is 0 Å². The van der Waals surface area contributed by atoms with Gasteiger partial charge in [-0.1, -0.05) is 0 Å². The van der Waals surface area contributed by atoms with Crippen LogP contribution in [0.4, 0.5) is 0 Å². The van der Waals surface area contributed by atoms with Crippen molar-refractivity contribution in [2.75, 3.05) is 46.1 Å². The maximum absolute atomic E-state index is 10.6. The van der Waals surface area contributed by atoms with Crippen LogP contribution in [0.5, 0.6) is 0 Å². The molecule has 0 aromatic heterocycles. The summed E-state index contributed by atoms with van der Waals surface area (Å²) in [5.74, 6) is 0. The number of likely N-dealkylation sites (tertiary alicyclic amines) is 1. The van der Waals surface area contributed by atoms with Crippen molar-refractivity contribution in [1.29, 1.82) is 0 Å². The Morgan fingerprint density at radius 3 is 2.52 bits per heavy atom. The van der Waals surface area contributed by atoms with Crippen molar-refractivity contribution in [2.45, 2.75) is 56.3 Å². The predicted molar refractivity (Wildman–Crippen MR) is 79.4 cm³/mol. The lowest BCUT2D eigenvalue weighted by molar-refractivity contribution is -0.0913. The lowest BCUT2D eigenvalue weighted by Gasteiger charge is -2.39. The van der Waals surface area contributed by atoms with Crippen LogP contribution >= 0.6 is 0 Å². The third-order valence-electron chi connectivity index (χ3n) is 5.02. The molecule has 3 aliphatic heterocycles. The molecule has 5 nitrogen and oxygen atoms in total. The van der Waals surface area contributed by atoms with Gasteiger partial charge in [-0.05, 0) is 25.7 Å². The Labute approximate surface area is 127 Å². The smallest absolute Gasteiger partial charge is 0.0817 e. The third kappa shape index (κ3) is 4.63. The van der Waals surface area contributed by atoms with Gasteiger partial charge in [0.15, 0.2) is 0 Å². The first-order chi connectivity index (χ1) is 10.2. The van der Waals surface area contributed by atoms with Gasteiger partial charge in [0.2, 0.25) is 0 Å². The molecule has 3 aliphatic rings. The Kier molecular flexibility index (Phi) is 5.51. The van der Waals surface area contributed by atoms with Crippen molar-refractivity contribution >= 4 is 0 Å². The fourth-order valence-electron chi connectivity index (χ4n) is 3.58. The van der Waals surface area contributed by atoms with Crippen molar-refractivity contribution in [1.82, 2.24) is 4.90 Å². The fraction of sp³-hybridized carbons (Fsp3) is 1.00. The molecule has 1 unspecified atom stereocenters. The van der Waals surface area contributed by atoms with E-state index in [1.165, 1.54) is 6.42 Å². The summed E-state index contributed by atoms with van der Waals surface area (Å²) in [6.45, 7) is 5.88. The molecular formula is C16H29NO4. The predicted octanol–water partition coefficient (Wildman–Crippen LogP) is 1.19. The lowest BCUT2D eigenvalue weighted by Crippen LogP contribution is -2.49. The summed E-state index contributed by atoms with van der Waals surface area (Å²) >= 11 is 0. The zero-order valence-corrected chi connectivity index (χ0v) is 13.0. The van der Waals surface area contributed by atoms with Crippen LogP contribution in [0.2, 0.25) is 0 Å². The molecule has 3 heterocycles. The maximum Gasteiger partial charge on any atom is 0.0817 e. The van der Waals surface area contributed by atoms with E-state index in [2.05, 4.69) is 4.90 Å². The molecule has 1 atom stereocenters. The Morgan fingerprint density at radius 2 is 1.86 bits per heavy atom. The van der Waals surface area contributed by atoms with E-state index in [9.17, 15) is 5.11 Å². The van der Waals surface area contributed by atoms with Crippen LogP contribution in [0.15, 0.2) is 0 Å². The minimum absolute atomic E-state index is 0.325. The molecular weight excluding hydrogens is 270 g/mol. The third-order valence-corrected chi connectivity index (χ3v) is 5.02. The molecule has 3 rings (SSSR count). The van der Waals surface area contributed by atoms with Crippen molar-refractivity contribution < 1.29 is 19.3 Å². The van der Waals surface area contributed by atoms with Gasteiger partial charge in [0, 0.05) is 52.3 Å². The molecule has 0 saturated carbocycles. The molecule has 0 aromatic rings. The van der Waals surface area contributed by atoms with Crippen LogP contribution in [0.3, 0.4) is 0 Å². The Balaban J connectivity index is 1.34. The molecule has 0 amide bonds. The SMILES string of the molecule is OC1(CN2CCC(OCC3CCCO3)CC2)CCOCC1. The second-order valence-electron chi connectivity index (χ2n) is 6.78. The average Bonchev–Trinajstić information content (AvgIpc) is 3.00. The number of piperidine rings is 1. The van der Waals surface area contributed by atoms with Crippen molar-refractivity contribution in [3.63, 3.8) is 0 Å². The van der Waals surface area contributed by atoms with Gasteiger partial charge >= 0.3 is 0 Å². The Bertz CT molecular complexity index is 305. The Morgan fingerprint density at radius 1 is 1.10 bits per heavy atom. The van der Waals surface area contributed by atoms with E-state index in [0.717, 1.165) is 65.0 Å². The molecule has 21 heavy (non-hydrogen) atoms. The van der Waals surface area contributed by atoms with Crippen LogP contribution in [0.25, 0.3) is 0 Å². The van der Waals surface area contributed by atoms with E-state index in [-0.39, 0.29) is 0 Å². The van der Waals surface area contributed by atoms with Crippen molar-refractivity contribution in [3.8, 4) is 0 Å². The van der Waals surface area contributed by atoms with Crippen molar-refractivity contribution in [3.05, 3.63) is 0 Å². The first-order valence-corrected chi connectivity index (χ1v) is 8.49. The zero-order chi connectivity index (χ0) is 14.5. The lowest BCUT2D eigenvalue weighted by atomic mass is 9.93. The summed E-state index contributed by atoms with van der Waals surface area (Å²) in [5.41, 5.74) is -0.538. The van der Waals surface area contributed by atoms with Gasteiger partial charge < -0.3 is 24.2 Å². The normalized spacial score (nSPS) is 31.6. The van der Waals surface area contributed by atoms with Gasteiger partial charge in [0.25, 0.3) is 0 Å². The van der Waals surface area contributed by atoms with Gasteiger partial charge in [-0.3, -0.25) is 0 Å². The monoisotopic (exact) mass is 299 g/mol. The second kappa shape index (κ2) is 7.38. The number of β-amino-alcohol motifs (C(OH)–C–C–N with tert-alkyl or cyclic N) is 1. The molecule has 3 fully saturated rings. The zero-order valence-electron chi connectivity index (χ0n) is 13.0. The number of nitrogens with zero attached hydrogens (tertiary/aromatic N) is 1. The standard InChI is InChI=1S/C16H29NO4/c18-16(5-10-19-11-6-16)13-17-7-3-14(4-8-17)21-12-15-2-1-9-20-15/h14-15,18H,1-13H2. The summed E-state index contributed by atoms with van der Waals surface area (Å²) < 4.78 is 16.9. The van der Waals surface area contributed by atoms with E-state index in [4.69, 9.17) is 14.2 Å². The first kappa shape index (κ1) is 15.7. The van der Waals surface area contributed by atoms with E-state index in [1.54, 1.807) is 0 Å². The van der Waals surface area contributed by atoms with E-state index in [0.29, 0.717) is 25.4 Å². The van der Waals surface area contributed by atoms with E-state index >= 15 is 0 Å². The number of ether oxygens (including phenoxy) is 3. The quantitative estimate of drug-likeness (QED) is 0.826. The number of hydrogen-bond acceptors (Lipinski definition) is 5. The molecule has 0 spiro atoms. The van der Waals surface area contributed by atoms with E-state index in [1.807, 2.05) is 0 Å².